The maximum Gasteiger partial charge on any atom is 0.227 e. The number of hydrogen-bond acceptors (Lipinski definition) is 3. The third-order valence-corrected chi connectivity index (χ3v) is 5.35. The number of likely N-dealkylation sites (tertiary alicyclic amines) is 1. The van der Waals surface area contributed by atoms with E-state index in [0.717, 1.165) is 68.4 Å². The Hall–Kier alpha value is -1.36. The molecule has 22 heavy (non-hydrogen) atoms. The smallest absolute Gasteiger partial charge is 0.227 e. The molecule has 0 aromatic carbocycles. The van der Waals surface area contributed by atoms with Crippen molar-refractivity contribution in [2.75, 3.05) is 26.3 Å². The molecule has 0 spiro atoms. The third kappa shape index (κ3) is 3.35. The van der Waals surface area contributed by atoms with Gasteiger partial charge in [0.1, 0.15) is 0 Å². The van der Waals surface area contributed by atoms with Crippen molar-refractivity contribution in [1.82, 2.24) is 15.1 Å². The highest BCUT2D eigenvalue weighted by molar-refractivity contribution is 5.79. The van der Waals surface area contributed by atoms with Gasteiger partial charge in [-0.2, -0.15) is 5.10 Å². The van der Waals surface area contributed by atoms with Gasteiger partial charge in [-0.1, -0.05) is 0 Å². The lowest BCUT2D eigenvalue weighted by atomic mass is 9.81. The second-order valence-corrected chi connectivity index (χ2v) is 6.78. The zero-order valence-electron chi connectivity index (χ0n) is 13.7. The fourth-order valence-electron chi connectivity index (χ4n) is 3.91. The Labute approximate surface area is 132 Å². The number of amides is 1. The van der Waals surface area contributed by atoms with Gasteiger partial charge in [0, 0.05) is 37.6 Å². The molecule has 1 amide bonds. The minimum absolute atomic E-state index is 0.254. The van der Waals surface area contributed by atoms with E-state index in [9.17, 15) is 4.79 Å². The minimum Gasteiger partial charge on any atom is -0.381 e. The van der Waals surface area contributed by atoms with Gasteiger partial charge in [0.15, 0.2) is 0 Å². The molecule has 1 unspecified atom stereocenters. The Balaban J connectivity index is 1.60. The van der Waals surface area contributed by atoms with Crippen LogP contribution in [0.5, 0.6) is 0 Å². The standard InChI is InChI=1S/C17H27N3O2/c1-12-16(13(2)19-18-12)10-17(21)20-7-3-4-15(11-20)14-5-8-22-9-6-14/h14-15H,3-11H2,1-2H3,(H,18,19). The first-order valence-corrected chi connectivity index (χ1v) is 8.51. The van der Waals surface area contributed by atoms with Crippen LogP contribution in [0.1, 0.15) is 42.6 Å². The molecule has 1 aromatic rings. The molecular formula is C17H27N3O2. The average molecular weight is 305 g/mol. The summed E-state index contributed by atoms with van der Waals surface area (Å²) in [7, 11) is 0. The van der Waals surface area contributed by atoms with Crippen molar-refractivity contribution in [2.24, 2.45) is 11.8 Å². The first-order chi connectivity index (χ1) is 10.6. The van der Waals surface area contributed by atoms with Crippen molar-refractivity contribution in [3.63, 3.8) is 0 Å². The Morgan fingerprint density at radius 1 is 1.27 bits per heavy atom. The van der Waals surface area contributed by atoms with Crippen LogP contribution in [0.25, 0.3) is 0 Å². The zero-order valence-corrected chi connectivity index (χ0v) is 13.7. The van der Waals surface area contributed by atoms with Crippen molar-refractivity contribution >= 4 is 5.91 Å². The molecule has 0 radical (unpaired) electrons. The molecule has 5 heteroatoms. The Morgan fingerprint density at radius 3 is 2.73 bits per heavy atom. The summed E-state index contributed by atoms with van der Waals surface area (Å²) in [6.07, 6.45) is 5.20. The fourth-order valence-corrected chi connectivity index (χ4v) is 3.91. The first-order valence-electron chi connectivity index (χ1n) is 8.51. The number of carbonyl (C=O) groups is 1. The van der Waals surface area contributed by atoms with E-state index in [-0.39, 0.29) is 5.91 Å². The van der Waals surface area contributed by atoms with Crippen LogP contribution >= 0.6 is 0 Å². The van der Waals surface area contributed by atoms with Crippen LogP contribution < -0.4 is 0 Å². The predicted molar refractivity (Wildman–Crippen MR) is 84.6 cm³/mol. The number of nitrogens with one attached hydrogen (secondary N) is 1. The summed E-state index contributed by atoms with van der Waals surface area (Å²) in [5.74, 6) is 1.65. The van der Waals surface area contributed by atoms with Gasteiger partial charge in [-0.05, 0) is 51.4 Å². The van der Waals surface area contributed by atoms with Crippen LogP contribution in [0.2, 0.25) is 0 Å². The van der Waals surface area contributed by atoms with Crippen LogP contribution in [0.4, 0.5) is 0 Å². The van der Waals surface area contributed by atoms with Gasteiger partial charge in [0.2, 0.25) is 5.91 Å². The summed E-state index contributed by atoms with van der Waals surface area (Å²) >= 11 is 0. The number of ether oxygens (including phenoxy) is 1. The highest BCUT2D eigenvalue weighted by atomic mass is 16.5. The minimum atomic E-state index is 0.254. The van der Waals surface area contributed by atoms with Crippen LogP contribution in [-0.2, 0) is 16.0 Å². The average Bonchev–Trinajstić information content (AvgIpc) is 2.88. The molecule has 1 atom stereocenters. The predicted octanol–water partition coefficient (Wildman–Crippen LogP) is 2.23. The Morgan fingerprint density at radius 2 is 2.05 bits per heavy atom. The highest BCUT2D eigenvalue weighted by Crippen LogP contribution is 2.31. The first kappa shape index (κ1) is 15.5. The van der Waals surface area contributed by atoms with Crippen molar-refractivity contribution in [2.45, 2.75) is 46.0 Å². The van der Waals surface area contributed by atoms with Crippen molar-refractivity contribution < 1.29 is 9.53 Å². The molecule has 1 aromatic heterocycles. The molecule has 0 aliphatic carbocycles. The van der Waals surface area contributed by atoms with Crippen LogP contribution in [0.15, 0.2) is 0 Å². The maximum atomic E-state index is 12.7. The number of hydrogen-bond donors (Lipinski definition) is 1. The molecule has 5 nitrogen and oxygen atoms in total. The van der Waals surface area contributed by atoms with Gasteiger partial charge in [-0.3, -0.25) is 9.89 Å². The second kappa shape index (κ2) is 6.82. The van der Waals surface area contributed by atoms with Gasteiger partial charge < -0.3 is 9.64 Å². The lowest BCUT2D eigenvalue weighted by Gasteiger charge is -2.38. The molecule has 2 aliphatic rings. The SMILES string of the molecule is Cc1n[nH]c(C)c1CC(=O)N1CCCC(C2CCOCC2)C1. The van der Waals surface area contributed by atoms with E-state index in [0.29, 0.717) is 12.3 Å². The zero-order chi connectivity index (χ0) is 15.5. The number of rotatable bonds is 3. The molecule has 3 rings (SSSR count). The van der Waals surface area contributed by atoms with Crippen molar-refractivity contribution in [1.29, 1.82) is 0 Å². The van der Waals surface area contributed by atoms with Gasteiger partial charge in [-0.15, -0.1) is 0 Å². The van der Waals surface area contributed by atoms with Crippen molar-refractivity contribution in [3.05, 3.63) is 17.0 Å². The Kier molecular flexibility index (Phi) is 4.81. The van der Waals surface area contributed by atoms with E-state index in [1.165, 1.54) is 6.42 Å². The number of aromatic nitrogens is 2. The summed E-state index contributed by atoms with van der Waals surface area (Å²) in [4.78, 5) is 14.7. The van der Waals surface area contributed by atoms with Gasteiger partial charge >= 0.3 is 0 Å². The van der Waals surface area contributed by atoms with Crippen LogP contribution in [-0.4, -0.2) is 47.3 Å². The van der Waals surface area contributed by atoms with Gasteiger partial charge in [0.25, 0.3) is 0 Å². The van der Waals surface area contributed by atoms with E-state index in [1.807, 2.05) is 13.8 Å². The second-order valence-electron chi connectivity index (χ2n) is 6.78. The molecular weight excluding hydrogens is 278 g/mol. The molecule has 2 saturated heterocycles. The monoisotopic (exact) mass is 305 g/mol. The van der Waals surface area contributed by atoms with E-state index < -0.39 is 0 Å². The maximum absolute atomic E-state index is 12.7. The number of piperidine rings is 1. The van der Waals surface area contributed by atoms with Gasteiger partial charge in [0.05, 0.1) is 12.1 Å². The van der Waals surface area contributed by atoms with Crippen molar-refractivity contribution in [3.8, 4) is 0 Å². The normalized spacial score (nSPS) is 23.7. The largest absolute Gasteiger partial charge is 0.381 e. The third-order valence-electron chi connectivity index (χ3n) is 5.35. The molecule has 1 N–H and O–H groups in total. The fraction of sp³-hybridized carbons (Fsp3) is 0.765. The summed E-state index contributed by atoms with van der Waals surface area (Å²) < 4.78 is 5.47. The molecule has 122 valence electrons. The van der Waals surface area contributed by atoms with E-state index in [2.05, 4.69) is 15.1 Å². The number of aromatic amines is 1. The summed E-state index contributed by atoms with van der Waals surface area (Å²) in [5, 5.41) is 7.16. The number of carbonyl (C=O) groups excluding carboxylic acids is 1. The Bertz CT molecular complexity index is 500. The van der Waals surface area contributed by atoms with Gasteiger partial charge in [-0.25, -0.2) is 0 Å². The molecule has 0 saturated carbocycles. The van der Waals surface area contributed by atoms with Crippen LogP contribution in [0, 0.1) is 25.7 Å². The van der Waals surface area contributed by atoms with E-state index >= 15 is 0 Å². The molecule has 3 heterocycles. The number of H-pyrrole nitrogens is 1. The van der Waals surface area contributed by atoms with E-state index in [1.54, 1.807) is 0 Å². The summed E-state index contributed by atoms with van der Waals surface area (Å²) in [6.45, 7) is 7.58. The quantitative estimate of drug-likeness (QED) is 0.931. The number of aryl methyl sites for hydroxylation is 2. The number of nitrogens with zero attached hydrogens (tertiary/aromatic N) is 2. The topological polar surface area (TPSA) is 58.2 Å². The van der Waals surface area contributed by atoms with E-state index in [4.69, 9.17) is 4.74 Å². The molecule has 2 aliphatic heterocycles. The highest BCUT2D eigenvalue weighted by Gasteiger charge is 2.30. The lowest BCUT2D eigenvalue weighted by Crippen LogP contribution is -2.43. The molecule has 0 bridgehead atoms. The summed E-state index contributed by atoms with van der Waals surface area (Å²) in [5.41, 5.74) is 3.03. The summed E-state index contributed by atoms with van der Waals surface area (Å²) in [6, 6.07) is 0. The van der Waals surface area contributed by atoms with Crippen LogP contribution in [0.3, 0.4) is 0 Å². The lowest BCUT2D eigenvalue weighted by molar-refractivity contribution is -0.133. The molecule has 2 fully saturated rings.